The molecule has 27 heavy (non-hydrogen) atoms. The van der Waals surface area contributed by atoms with Crippen LogP contribution in [-0.4, -0.2) is 51.6 Å². The Labute approximate surface area is 180 Å². The van der Waals surface area contributed by atoms with Crippen molar-refractivity contribution in [3.8, 4) is 0 Å². The van der Waals surface area contributed by atoms with Crippen LogP contribution in [0.4, 0.5) is 0 Å². The number of hydrogen-bond donors (Lipinski definition) is 2. The van der Waals surface area contributed by atoms with Gasteiger partial charge in [0.05, 0.1) is 25.4 Å². The molecule has 7 heteroatoms. The third kappa shape index (κ3) is 10.3. The van der Waals surface area contributed by atoms with Gasteiger partial charge in [-0.15, -0.1) is 24.0 Å². The molecule has 1 aliphatic heterocycles. The molecule has 0 spiro atoms. The second-order valence-electron chi connectivity index (χ2n) is 6.74. The van der Waals surface area contributed by atoms with E-state index in [-0.39, 0.29) is 36.2 Å². The Kier molecular flexibility index (Phi) is 12.6. The zero-order valence-corrected chi connectivity index (χ0v) is 19.0. The molecule has 2 rings (SSSR count). The first-order chi connectivity index (χ1) is 12.7. The summed E-state index contributed by atoms with van der Waals surface area (Å²) in [5.74, 6) is 0.804. The van der Waals surface area contributed by atoms with Crippen molar-refractivity contribution in [2.45, 2.75) is 52.0 Å². The van der Waals surface area contributed by atoms with Crippen molar-refractivity contribution in [2.75, 3.05) is 33.4 Å². The van der Waals surface area contributed by atoms with Crippen LogP contribution in [0, 0.1) is 0 Å². The maximum atomic E-state index is 5.76. The highest BCUT2D eigenvalue weighted by Crippen LogP contribution is 2.09. The second-order valence-corrected chi connectivity index (χ2v) is 6.74. The lowest BCUT2D eigenvalue weighted by Gasteiger charge is -2.14. The Balaban J connectivity index is 0.00000364. The number of halogens is 1. The number of nitrogens with one attached hydrogen (secondary N) is 2. The highest BCUT2D eigenvalue weighted by atomic mass is 127. The summed E-state index contributed by atoms with van der Waals surface area (Å²) < 4.78 is 16.7. The molecule has 0 radical (unpaired) electrons. The van der Waals surface area contributed by atoms with Gasteiger partial charge in [0.25, 0.3) is 0 Å². The Morgan fingerprint density at radius 2 is 2.11 bits per heavy atom. The summed E-state index contributed by atoms with van der Waals surface area (Å²) in [4.78, 5) is 4.27. The van der Waals surface area contributed by atoms with Gasteiger partial charge >= 0.3 is 0 Å². The normalized spacial score (nSPS) is 17.0. The molecule has 1 aromatic rings. The summed E-state index contributed by atoms with van der Waals surface area (Å²) >= 11 is 0. The number of guanidine groups is 1. The third-order valence-electron chi connectivity index (χ3n) is 4.11. The van der Waals surface area contributed by atoms with Crippen molar-refractivity contribution in [3.05, 3.63) is 35.4 Å². The van der Waals surface area contributed by atoms with E-state index in [1.165, 1.54) is 11.1 Å². The number of benzene rings is 1. The van der Waals surface area contributed by atoms with Crippen LogP contribution in [0.15, 0.2) is 29.3 Å². The van der Waals surface area contributed by atoms with Gasteiger partial charge in [-0.05, 0) is 37.8 Å². The fraction of sp³-hybridized carbons (Fsp3) is 0.650. The van der Waals surface area contributed by atoms with Gasteiger partial charge in [0, 0.05) is 33.4 Å². The van der Waals surface area contributed by atoms with Gasteiger partial charge in [-0.2, -0.15) is 0 Å². The first-order valence-corrected chi connectivity index (χ1v) is 9.50. The zero-order chi connectivity index (χ0) is 18.6. The first kappa shape index (κ1) is 24.1. The van der Waals surface area contributed by atoms with Gasteiger partial charge in [0.15, 0.2) is 5.96 Å². The SMILES string of the molecule is CN=C(NCCCOC1CCOC1)NCc1cccc(COC(C)C)c1.I. The Bertz CT molecular complexity index is 549. The van der Waals surface area contributed by atoms with Crippen LogP contribution in [0.2, 0.25) is 0 Å². The molecule has 0 aromatic heterocycles. The van der Waals surface area contributed by atoms with Gasteiger partial charge in [-0.1, -0.05) is 24.3 Å². The predicted molar refractivity (Wildman–Crippen MR) is 120 cm³/mol. The smallest absolute Gasteiger partial charge is 0.191 e. The maximum absolute atomic E-state index is 5.76. The van der Waals surface area contributed by atoms with Crippen LogP contribution in [-0.2, 0) is 27.4 Å². The van der Waals surface area contributed by atoms with E-state index in [1.807, 2.05) is 13.8 Å². The Hall–Kier alpha value is -0.900. The minimum absolute atomic E-state index is 0. The van der Waals surface area contributed by atoms with Gasteiger partial charge in [0.2, 0.25) is 0 Å². The molecule has 1 fully saturated rings. The van der Waals surface area contributed by atoms with E-state index in [4.69, 9.17) is 14.2 Å². The van der Waals surface area contributed by atoms with Crippen molar-refractivity contribution in [3.63, 3.8) is 0 Å². The molecule has 2 N–H and O–H groups in total. The monoisotopic (exact) mass is 491 g/mol. The lowest BCUT2D eigenvalue weighted by Crippen LogP contribution is -2.37. The van der Waals surface area contributed by atoms with E-state index in [0.717, 1.165) is 51.7 Å². The quantitative estimate of drug-likeness (QED) is 0.228. The van der Waals surface area contributed by atoms with E-state index in [0.29, 0.717) is 6.61 Å². The minimum Gasteiger partial charge on any atom is -0.379 e. The second kappa shape index (κ2) is 14.1. The van der Waals surface area contributed by atoms with Gasteiger partial charge < -0.3 is 24.8 Å². The average Bonchev–Trinajstić information content (AvgIpc) is 3.16. The average molecular weight is 491 g/mol. The molecule has 1 heterocycles. The first-order valence-electron chi connectivity index (χ1n) is 9.50. The molecule has 0 bridgehead atoms. The molecule has 0 saturated carbocycles. The highest BCUT2D eigenvalue weighted by molar-refractivity contribution is 14.0. The molecule has 154 valence electrons. The zero-order valence-electron chi connectivity index (χ0n) is 16.7. The summed E-state index contributed by atoms with van der Waals surface area (Å²) in [7, 11) is 1.79. The predicted octanol–water partition coefficient (Wildman–Crippen LogP) is 3.09. The van der Waals surface area contributed by atoms with Crippen molar-refractivity contribution in [1.29, 1.82) is 0 Å². The van der Waals surface area contributed by atoms with Crippen LogP contribution < -0.4 is 10.6 Å². The van der Waals surface area contributed by atoms with E-state index in [9.17, 15) is 0 Å². The van der Waals surface area contributed by atoms with Crippen LogP contribution in [0.25, 0.3) is 0 Å². The van der Waals surface area contributed by atoms with Crippen LogP contribution in [0.5, 0.6) is 0 Å². The molecule has 1 unspecified atom stereocenters. The Morgan fingerprint density at radius 3 is 2.81 bits per heavy atom. The van der Waals surface area contributed by atoms with E-state index >= 15 is 0 Å². The summed E-state index contributed by atoms with van der Waals surface area (Å²) in [5, 5.41) is 6.67. The van der Waals surface area contributed by atoms with Gasteiger partial charge in [-0.25, -0.2) is 0 Å². The highest BCUT2D eigenvalue weighted by Gasteiger charge is 2.15. The Morgan fingerprint density at radius 1 is 1.30 bits per heavy atom. The van der Waals surface area contributed by atoms with Crippen molar-refractivity contribution >= 4 is 29.9 Å². The lowest BCUT2D eigenvalue weighted by atomic mass is 10.1. The van der Waals surface area contributed by atoms with Crippen LogP contribution in [0.3, 0.4) is 0 Å². The van der Waals surface area contributed by atoms with E-state index in [2.05, 4.69) is 39.9 Å². The summed E-state index contributed by atoms with van der Waals surface area (Å²) in [5.41, 5.74) is 2.40. The van der Waals surface area contributed by atoms with Crippen molar-refractivity contribution < 1.29 is 14.2 Å². The van der Waals surface area contributed by atoms with E-state index in [1.54, 1.807) is 7.05 Å². The molecule has 6 nitrogen and oxygen atoms in total. The molecule has 0 amide bonds. The lowest BCUT2D eigenvalue weighted by molar-refractivity contribution is 0.0420. The summed E-state index contributed by atoms with van der Waals surface area (Å²) in [6.45, 7) is 8.60. The van der Waals surface area contributed by atoms with Gasteiger partial charge in [0.1, 0.15) is 0 Å². The number of ether oxygens (including phenoxy) is 3. The topological polar surface area (TPSA) is 64.1 Å². The van der Waals surface area contributed by atoms with E-state index < -0.39 is 0 Å². The molecule has 1 saturated heterocycles. The number of aliphatic imine (C=N–C) groups is 1. The fourth-order valence-corrected chi connectivity index (χ4v) is 2.67. The molecular formula is C20H34IN3O3. The molecule has 1 aliphatic rings. The molecule has 1 atom stereocenters. The molecule has 0 aliphatic carbocycles. The standard InChI is InChI=1S/C20H33N3O3.HI/c1-16(2)26-14-18-7-4-6-17(12-18)13-23-20(21-3)22-9-5-10-25-19-8-11-24-15-19;/h4,6-7,12,16,19H,5,8-11,13-15H2,1-3H3,(H2,21,22,23);1H. The largest absolute Gasteiger partial charge is 0.379 e. The molecular weight excluding hydrogens is 457 g/mol. The number of nitrogens with zero attached hydrogens (tertiary/aromatic N) is 1. The summed E-state index contributed by atoms with van der Waals surface area (Å²) in [6, 6.07) is 8.43. The fourth-order valence-electron chi connectivity index (χ4n) is 2.67. The van der Waals surface area contributed by atoms with Crippen LogP contribution >= 0.6 is 24.0 Å². The van der Waals surface area contributed by atoms with Crippen molar-refractivity contribution in [2.24, 2.45) is 4.99 Å². The number of hydrogen-bond acceptors (Lipinski definition) is 4. The number of rotatable bonds is 10. The van der Waals surface area contributed by atoms with Gasteiger partial charge in [-0.3, -0.25) is 4.99 Å². The maximum Gasteiger partial charge on any atom is 0.191 e. The third-order valence-corrected chi connectivity index (χ3v) is 4.11. The minimum atomic E-state index is 0. The summed E-state index contributed by atoms with van der Waals surface area (Å²) in [6.07, 6.45) is 2.47. The van der Waals surface area contributed by atoms with Crippen LogP contribution in [0.1, 0.15) is 37.8 Å². The molecule has 1 aromatic carbocycles. The van der Waals surface area contributed by atoms with Crippen molar-refractivity contribution in [1.82, 2.24) is 10.6 Å².